The van der Waals surface area contributed by atoms with Crippen molar-refractivity contribution in [3.8, 4) is 11.4 Å². The van der Waals surface area contributed by atoms with Crippen LogP contribution in [-0.2, 0) is 11.3 Å². The van der Waals surface area contributed by atoms with E-state index in [1.807, 2.05) is 94.9 Å². The first-order valence-corrected chi connectivity index (χ1v) is 12.7. The summed E-state index contributed by atoms with van der Waals surface area (Å²) in [5, 5.41) is 14.7. The van der Waals surface area contributed by atoms with Gasteiger partial charge in [0.25, 0.3) is 0 Å². The Labute approximate surface area is 205 Å². The number of furan rings is 1. The average Bonchev–Trinajstić information content (AvgIpc) is 3.66. The van der Waals surface area contributed by atoms with Gasteiger partial charge in [-0.15, -0.1) is 21.5 Å². The number of rotatable bonds is 9. The fourth-order valence-corrected chi connectivity index (χ4v) is 5.20. The molecular formula is C26H22N4O2S2. The molecule has 0 spiro atoms. The van der Waals surface area contributed by atoms with Gasteiger partial charge in [-0.2, -0.15) is 0 Å². The van der Waals surface area contributed by atoms with Crippen LogP contribution < -0.4 is 5.32 Å². The first-order valence-electron chi connectivity index (χ1n) is 10.8. The standard InChI is InChI=1S/C26H22N4O2S2/c31-23(27-24(22-14-8-16-33-22)19-9-3-1-4-10-19)18-34-26-29-28-25(20-11-5-2-6-12-20)30(26)17-21-13-7-15-32-21/h1-16,24H,17-18H2,(H,27,31). The third kappa shape index (κ3) is 5.13. The van der Waals surface area contributed by atoms with E-state index in [1.165, 1.54) is 11.8 Å². The lowest BCUT2D eigenvalue weighted by Gasteiger charge is -2.18. The average molecular weight is 487 g/mol. The van der Waals surface area contributed by atoms with Gasteiger partial charge in [-0.3, -0.25) is 9.36 Å². The van der Waals surface area contributed by atoms with Crippen molar-refractivity contribution >= 4 is 29.0 Å². The highest BCUT2D eigenvalue weighted by Crippen LogP contribution is 2.28. The third-order valence-electron chi connectivity index (χ3n) is 5.24. The predicted molar refractivity (Wildman–Crippen MR) is 135 cm³/mol. The minimum atomic E-state index is -0.185. The van der Waals surface area contributed by atoms with Gasteiger partial charge < -0.3 is 9.73 Å². The summed E-state index contributed by atoms with van der Waals surface area (Å²) in [5.74, 6) is 1.69. The monoisotopic (exact) mass is 486 g/mol. The number of carbonyl (C=O) groups is 1. The molecule has 0 aliphatic carbocycles. The zero-order valence-electron chi connectivity index (χ0n) is 18.2. The van der Waals surface area contributed by atoms with Crippen molar-refractivity contribution in [1.29, 1.82) is 0 Å². The molecule has 1 atom stereocenters. The lowest BCUT2D eigenvalue weighted by atomic mass is 10.1. The minimum absolute atomic E-state index is 0.0685. The number of thioether (sulfide) groups is 1. The van der Waals surface area contributed by atoms with Crippen molar-refractivity contribution in [2.45, 2.75) is 17.7 Å². The molecule has 1 unspecified atom stereocenters. The summed E-state index contributed by atoms with van der Waals surface area (Å²) in [6.45, 7) is 0.482. The van der Waals surface area contributed by atoms with Gasteiger partial charge in [0.2, 0.25) is 5.91 Å². The maximum atomic E-state index is 13.0. The molecule has 3 heterocycles. The number of hydrogen-bond donors (Lipinski definition) is 1. The van der Waals surface area contributed by atoms with Gasteiger partial charge in [-0.1, -0.05) is 78.5 Å². The molecule has 5 rings (SSSR count). The fourth-order valence-electron chi connectivity index (χ4n) is 3.65. The second kappa shape index (κ2) is 10.5. The number of aromatic nitrogens is 3. The molecule has 0 aliphatic rings. The van der Waals surface area contributed by atoms with Crippen LogP contribution in [0.2, 0.25) is 0 Å². The van der Waals surface area contributed by atoms with Crippen LogP contribution in [0.1, 0.15) is 22.2 Å². The summed E-state index contributed by atoms with van der Waals surface area (Å²) in [7, 11) is 0. The van der Waals surface area contributed by atoms with Crippen LogP contribution in [-0.4, -0.2) is 26.4 Å². The van der Waals surface area contributed by atoms with Crippen LogP contribution in [0.3, 0.4) is 0 Å². The molecule has 2 aromatic carbocycles. The molecule has 0 saturated heterocycles. The molecular weight excluding hydrogens is 464 g/mol. The molecule has 0 bridgehead atoms. The highest BCUT2D eigenvalue weighted by molar-refractivity contribution is 7.99. The highest BCUT2D eigenvalue weighted by Gasteiger charge is 2.20. The van der Waals surface area contributed by atoms with Crippen molar-refractivity contribution in [3.63, 3.8) is 0 Å². The molecule has 0 aliphatic heterocycles. The Morgan fingerprint density at radius 2 is 1.76 bits per heavy atom. The second-order valence-corrected chi connectivity index (χ2v) is 9.47. The van der Waals surface area contributed by atoms with E-state index < -0.39 is 0 Å². The quantitative estimate of drug-likeness (QED) is 0.273. The first-order chi connectivity index (χ1) is 16.8. The number of nitrogens with zero attached hydrogens (tertiary/aromatic N) is 3. The number of thiophene rings is 1. The van der Waals surface area contributed by atoms with Crippen LogP contribution in [0.4, 0.5) is 0 Å². The summed E-state index contributed by atoms with van der Waals surface area (Å²) in [6.07, 6.45) is 1.65. The number of carbonyl (C=O) groups excluding carboxylic acids is 1. The zero-order chi connectivity index (χ0) is 23.2. The Bertz CT molecular complexity index is 1320. The molecule has 0 fully saturated rings. The van der Waals surface area contributed by atoms with Crippen molar-refractivity contribution in [1.82, 2.24) is 20.1 Å². The number of benzene rings is 2. The summed E-state index contributed by atoms with van der Waals surface area (Å²) in [6, 6.07) is 27.5. The Kier molecular flexibility index (Phi) is 6.88. The third-order valence-corrected chi connectivity index (χ3v) is 7.15. The largest absolute Gasteiger partial charge is 0.467 e. The van der Waals surface area contributed by atoms with Gasteiger partial charge in [-0.25, -0.2) is 0 Å². The van der Waals surface area contributed by atoms with Gasteiger partial charge in [0.15, 0.2) is 11.0 Å². The normalized spacial score (nSPS) is 11.9. The van der Waals surface area contributed by atoms with Crippen LogP contribution in [0.15, 0.2) is 106 Å². The van der Waals surface area contributed by atoms with Crippen LogP contribution >= 0.6 is 23.1 Å². The SMILES string of the molecule is O=C(CSc1nnc(-c2ccccc2)n1Cc1ccco1)NC(c1ccccc1)c1cccs1. The van der Waals surface area contributed by atoms with Crippen LogP contribution in [0, 0.1) is 0 Å². The van der Waals surface area contributed by atoms with Crippen molar-refractivity contribution in [2.75, 3.05) is 5.75 Å². The Morgan fingerprint density at radius 3 is 2.47 bits per heavy atom. The molecule has 0 radical (unpaired) electrons. The van der Waals surface area contributed by atoms with Gasteiger partial charge in [0.05, 0.1) is 24.6 Å². The van der Waals surface area contributed by atoms with E-state index in [1.54, 1.807) is 17.6 Å². The Hall–Kier alpha value is -3.62. The van der Waals surface area contributed by atoms with E-state index in [4.69, 9.17) is 4.42 Å². The first kappa shape index (κ1) is 22.2. The maximum Gasteiger partial charge on any atom is 0.231 e. The van der Waals surface area contributed by atoms with E-state index in [0.717, 1.165) is 27.6 Å². The Balaban J connectivity index is 1.34. The van der Waals surface area contributed by atoms with E-state index in [2.05, 4.69) is 15.5 Å². The molecule has 8 heteroatoms. The molecule has 1 amide bonds. The van der Waals surface area contributed by atoms with E-state index in [0.29, 0.717) is 11.7 Å². The molecule has 0 saturated carbocycles. The van der Waals surface area contributed by atoms with Crippen molar-refractivity contribution in [3.05, 3.63) is 113 Å². The van der Waals surface area contributed by atoms with E-state index in [-0.39, 0.29) is 17.7 Å². The number of hydrogen-bond acceptors (Lipinski definition) is 6. The lowest BCUT2D eigenvalue weighted by molar-refractivity contribution is -0.119. The van der Waals surface area contributed by atoms with Crippen molar-refractivity contribution in [2.24, 2.45) is 0 Å². The smallest absolute Gasteiger partial charge is 0.231 e. The summed E-state index contributed by atoms with van der Waals surface area (Å²) < 4.78 is 7.54. The zero-order valence-corrected chi connectivity index (χ0v) is 19.8. The summed E-state index contributed by atoms with van der Waals surface area (Å²) >= 11 is 3.00. The molecule has 3 aromatic heterocycles. The van der Waals surface area contributed by atoms with Crippen molar-refractivity contribution < 1.29 is 9.21 Å². The van der Waals surface area contributed by atoms with Gasteiger partial charge >= 0.3 is 0 Å². The Morgan fingerprint density at radius 1 is 0.971 bits per heavy atom. The van der Waals surface area contributed by atoms with Gasteiger partial charge in [0.1, 0.15) is 5.76 Å². The molecule has 170 valence electrons. The fraction of sp³-hybridized carbons (Fsp3) is 0.115. The molecule has 5 aromatic rings. The number of nitrogens with one attached hydrogen (secondary N) is 1. The molecule has 34 heavy (non-hydrogen) atoms. The van der Waals surface area contributed by atoms with E-state index in [9.17, 15) is 4.79 Å². The maximum absolute atomic E-state index is 13.0. The second-order valence-electron chi connectivity index (χ2n) is 7.55. The van der Waals surface area contributed by atoms with Gasteiger partial charge in [-0.05, 0) is 29.1 Å². The minimum Gasteiger partial charge on any atom is -0.467 e. The van der Waals surface area contributed by atoms with Crippen LogP contribution in [0.5, 0.6) is 0 Å². The highest BCUT2D eigenvalue weighted by atomic mass is 32.2. The van der Waals surface area contributed by atoms with Crippen LogP contribution in [0.25, 0.3) is 11.4 Å². The number of amides is 1. The van der Waals surface area contributed by atoms with E-state index >= 15 is 0 Å². The molecule has 6 nitrogen and oxygen atoms in total. The van der Waals surface area contributed by atoms with Gasteiger partial charge in [0, 0.05) is 10.4 Å². The lowest BCUT2D eigenvalue weighted by Crippen LogP contribution is -2.30. The summed E-state index contributed by atoms with van der Waals surface area (Å²) in [4.78, 5) is 14.1. The molecule has 1 N–H and O–H groups in total. The topological polar surface area (TPSA) is 73.0 Å². The predicted octanol–water partition coefficient (Wildman–Crippen LogP) is 5.65. The summed E-state index contributed by atoms with van der Waals surface area (Å²) in [5.41, 5.74) is 2.01.